The number of likely N-dealkylation sites (N-methyl/N-ethyl adjacent to an activating group) is 1. The summed E-state index contributed by atoms with van der Waals surface area (Å²) >= 11 is 0. The van der Waals surface area contributed by atoms with Gasteiger partial charge in [0.1, 0.15) is 5.41 Å². The van der Waals surface area contributed by atoms with Crippen molar-refractivity contribution in [2.75, 3.05) is 41.8 Å². The minimum absolute atomic E-state index is 0.133. The van der Waals surface area contributed by atoms with Crippen LogP contribution >= 0.6 is 0 Å². The zero-order chi connectivity index (χ0) is 17.8. The van der Waals surface area contributed by atoms with E-state index in [1.54, 1.807) is 4.90 Å². The zero-order valence-electron chi connectivity index (χ0n) is 15.5. The van der Waals surface area contributed by atoms with Gasteiger partial charge in [-0.05, 0) is 11.1 Å². The molecular weight excluding hydrogens is 296 g/mol. The fourth-order valence-corrected chi connectivity index (χ4v) is 3.14. The average Bonchev–Trinajstić information content (AvgIpc) is 2.56. The van der Waals surface area contributed by atoms with Gasteiger partial charge < -0.3 is 9.38 Å². The lowest BCUT2D eigenvalue weighted by atomic mass is 9.70. The van der Waals surface area contributed by atoms with Crippen LogP contribution in [0.1, 0.15) is 17.5 Å². The Hall–Kier alpha value is -2.13. The Morgan fingerprint density at radius 1 is 0.875 bits per heavy atom. The van der Waals surface area contributed by atoms with Crippen LogP contribution in [-0.4, -0.2) is 57.1 Å². The van der Waals surface area contributed by atoms with E-state index < -0.39 is 5.41 Å². The van der Waals surface area contributed by atoms with Crippen molar-refractivity contribution in [3.05, 3.63) is 71.8 Å². The molecule has 0 spiro atoms. The SMILES string of the molecule is CN(C)C(=O)C(CC[N+](C)(C)C)(c1ccccc1)c1ccccc1. The van der Waals surface area contributed by atoms with Crippen molar-refractivity contribution in [2.45, 2.75) is 11.8 Å². The molecule has 2 rings (SSSR count). The fraction of sp³-hybridized carbons (Fsp3) is 0.381. The molecule has 0 fully saturated rings. The van der Waals surface area contributed by atoms with Crippen molar-refractivity contribution in [1.82, 2.24) is 4.90 Å². The molecule has 0 aliphatic rings. The molecule has 0 aromatic heterocycles. The van der Waals surface area contributed by atoms with Gasteiger partial charge in [-0.3, -0.25) is 4.79 Å². The third-order valence-corrected chi connectivity index (χ3v) is 4.46. The topological polar surface area (TPSA) is 20.3 Å². The van der Waals surface area contributed by atoms with Gasteiger partial charge >= 0.3 is 0 Å². The molecule has 128 valence electrons. The summed E-state index contributed by atoms with van der Waals surface area (Å²) in [5.74, 6) is 0.133. The Balaban J connectivity index is 2.66. The number of benzene rings is 2. The Bertz CT molecular complexity index is 618. The smallest absolute Gasteiger partial charge is 0.237 e. The van der Waals surface area contributed by atoms with Crippen LogP contribution in [0.2, 0.25) is 0 Å². The van der Waals surface area contributed by atoms with Crippen LogP contribution in [0, 0.1) is 0 Å². The first-order valence-corrected chi connectivity index (χ1v) is 8.40. The van der Waals surface area contributed by atoms with E-state index in [4.69, 9.17) is 0 Å². The molecule has 0 aliphatic carbocycles. The predicted octanol–water partition coefficient (Wildman–Crippen LogP) is 3.16. The Labute approximate surface area is 146 Å². The summed E-state index contributed by atoms with van der Waals surface area (Å²) in [7, 11) is 10.2. The number of hydrogen-bond donors (Lipinski definition) is 0. The summed E-state index contributed by atoms with van der Waals surface area (Å²) in [6.07, 6.45) is 0.765. The molecule has 3 heteroatoms. The van der Waals surface area contributed by atoms with Gasteiger partial charge in [-0.2, -0.15) is 0 Å². The third-order valence-electron chi connectivity index (χ3n) is 4.46. The second kappa shape index (κ2) is 7.18. The first-order valence-electron chi connectivity index (χ1n) is 8.40. The monoisotopic (exact) mass is 325 g/mol. The number of nitrogens with zero attached hydrogens (tertiary/aromatic N) is 2. The summed E-state index contributed by atoms with van der Waals surface area (Å²) in [6, 6.07) is 20.4. The van der Waals surface area contributed by atoms with E-state index in [9.17, 15) is 4.79 Å². The van der Waals surface area contributed by atoms with Gasteiger partial charge in [0, 0.05) is 20.5 Å². The van der Waals surface area contributed by atoms with Gasteiger partial charge in [0.15, 0.2) is 0 Å². The normalized spacial score (nSPS) is 12.0. The van der Waals surface area contributed by atoms with Crippen LogP contribution in [0.25, 0.3) is 0 Å². The minimum Gasteiger partial charge on any atom is -0.348 e. The molecule has 0 heterocycles. The summed E-state index contributed by atoms with van der Waals surface area (Å²) in [6.45, 7) is 0.906. The first kappa shape index (κ1) is 18.2. The van der Waals surface area contributed by atoms with Crippen LogP contribution < -0.4 is 0 Å². The van der Waals surface area contributed by atoms with Gasteiger partial charge in [-0.1, -0.05) is 60.7 Å². The molecule has 3 nitrogen and oxygen atoms in total. The third kappa shape index (κ3) is 3.85. The van der Waals surface area contributed by atoms with Gasteiger partial charge in [-0.15, -0.1) is 0 Å². The lowest BCUT2D eigenvalue weighted by Crippen LogP contribution is -2.48. The van der Waals surface area contributed by atoms with Gasteiger partial charge in [0.25, 0.3) is 0 Å². The van der Waals surface area contributed by atoms with E-state index in [0.717, 1.165) is 28.6 Å². The Morgan fingerprint density at radius 2 is 1.29 bits per heavy atom. The minimum atomic E-state index is -0.655. The van der Waals surface area contributed by atoms with Crippen LogP contribution in [0.4, 0.5) is 0 Å². The van der Waals surface area contributed by atoms with Crippen LogP contribution in [0.15, 0.2) is 60.7 Å². The predicted molar refractivity (Wildman–Crippen MR) is 99.9 cm³/mol. The van der Waals surface area contributed by atoms with E-state index in [0.29, 0.717) is 0 Å². The molecule has 0 bridgehead atoms. The second-order valence-corrected chi connectivity index (χ2v) is 7.60. The van der Waals surface area contributed by atoms with E-state index in [-0.39, 0.29) is 5.91 Å². The highest BCUT2D eigenvalue weighted by atomic mass is 16.2. The second-order valence-electron chi connectivity index (χ2n) is 7.60. The Kier molecular flexibility index (Phi) is 5.45. The highest BCUT2D eigenvalue weighted by molar-refractivity contribution is 5.91. The van der Waals surface area contributed by atoms with Gasteiger partial charge in [-0.25, -0.2) is 0 Å². The molecule has 0 saturated heterocycles. The number of amides is 1. The van der Waals surface area contributed by atoms with Crippen LogP contribution in [0.5, 0.6) is 0 Å². The summed E-state index contributed by atoms with van der Waals surface area (Å²) in [4.78, 5) is 15.1. The van der Waals surface area contributed by atoms with E-state index in [1.807, 2.05) is 50.5 Å². The number of hydrogen-bond acceptors (Lipinski definition) is 1. The molecule has 0 aliphatic heterocycles. The van der Waals surface area contributed by atoms with Gasteiger partial charge in [0.2, 0.25) is 5.91 Å². The molecule has 0 atom stereocenters. The number of rotatable bonds is 6. The first-order chi connectivity index (χ1) is 11.3. The van der Waals surface area contributed by atoms with Crippen molar-refractivity contribution in [3.63, 3.8) is 0 Å². The summed E-state index contributed by atoms with van der Waals surface area (Å²) < 4.78 is 0.822. The standard InChI is InChI=1S/C21H29N2O/c1-22(2)20(24)21(16-17-23(3,4)5,18-12-8-6-9-13-18)19-14-10-7-11-15-19/h6-15H,16-17H2,1-5H3/q+1. The highest BCUT2D eigenvalue weighted by Crippen LogP contribution is 2.37. The molecule has 24 heavy (non-hydrogen) atoms. The number of carbonyl (C=O) groups is 1. The van der Waals surface area contributed by atoms with Crippen LogP contribution in [0.3, 0.4) is 0 Å². The number of quaternary nitrogens is 1. The van der Waals surface area contributed by atoms with Crippen molar-refractivity contribution < 1.29 is 9.28 Å². The maximum atomic E-state index is 13.4. The van der Waals surface area contributed by atoms with E-state index >= 15 is 0 Å². The molecule has 1 amide bonds. The quantitative estimate of drug-likeness (QED) is 0.747. The van der Waals surface area contributed by atoms with Crippen molar-refractivity contribution in [2.24, 2.45) is 0 Å². The van der Waals surface area contributed by atoms with Gasteiger partial charge in [0.05, 0.1) is 27.7 Å². The van der Waals surface area contributed by atoms with E-state index in [2.05, 4.69) is 45.4 Å². The average molecular weight is 325 g/mol. The highest BCUT2D eigenvalue weighted by Gasteiger charge is 2.43. The summed E-state index contributed by atoms with van der Waals surface area (Å²) in [5.41, 5.74) is 1.46. The molecule has 0 N–H and O–H groups in total. The molecule has 2 aromatic carbocycles. The lowest BCUT2D eigenvalue weighted by molar-refractivity contribution is -0.870. The molecular formula is C21H29N2O+. The van der Waals surface area contributed by atoms with E-state index in [1.165, 1.54) is 0 Å². The maximum absolute atomic E-state index is 13.4. The molecule has 0 saturated carbocycles. The summed E-state index contributed by atoms with van der Waals surface area (Å²) in [5, 5.41) is 0. The fourth-order valence-electron chi connectivity index (χ4n) is 3.14. The van der Waals surface area contributed by atoms with Crippen molar-refractivity contribution in [1.29, 1.82) is 0 Å². The van der Waals surface area contributed by atoms with Crippen molar-refractivity contribution >= 4 is 5.91 Å². The molecule has 2 aromatic rings. The molecule has 0 unspecified atom stereocenters. The zero-order valence-corrected chi connectivity index (χ0v) is 15.5. The van der Waals surface area contributed by atoms with Crippen molar-refractivity contribution in [3.8, 4) is 0 Å². The largest absolute Gasteiger partial charge is 0.348 e. The lowest BCUT2D eigenvalue weighted by Gasteiger charge is -2.38. The Morgan fingerprint density at radius 3 is 1.62 bits per heavy atom. The molecule has 0 radical (unpaired) electrons. The number of carbonyl (C=O) groups excluding carboxylic acids is 1. The van der Waals surface area contributed by atoms with Crippen LogP contribution in [-0.2, 0) is 10.2 Å². The maximum Gasteiger partial charge on any atom is 0.237 e.